The maximum absolute atomic E-state index is 13.0. The summed E-state index contributed by atoms with van der Waals surface area (Å²) in [7, 11) is 0. The van der Waals surface area contributed by atoms with Crippen LogP contribution in [0.15, 0.2) is 36.5 Å². The second-order valence-electron chi connectivity index (χ2n) is 9.93. The molecule has 0 spiro atoms. The topological polar surface area (TPSA) is 126 Å². The Kier molecular flexibility index (Phi) is 7.24. The number of fused-ring (bicyclic) bond motifs is 1. The van der Waals surface area contributed by atoms with E-state index in [0.717, 1.165) is 50.7 Å². The summed E-state index contributed by atoms with van der Waals surface area (Å²) in [6.45, 7) is 6.11. The van der Waals surface area contributed by atoms with Gasteiger partial charge in [-0.15, -0.1) is 0 Å². The summed E-state index contributed by atoms with van der Waals surface area (Å²) in [6.07, 6.45) is -0.492. The first-order valence-electron chi connectivity index (χ1n) is 11.9. The van der Waals surface area contributed by atoms with E-state index in [1.807, 2.05) is 10.9 Å². The molecule has 4 rings (SSSR count). The number of benzene rings is 1. The van der Waals surface area contributed by atoms with Crippen molar-refractivity contribution >= 4 is 28.4 Å². The lowest BCUT2D eigenvalue weighted by atomic mass is 10.0. The molecule has 9 nitrogen and oxygen atoms in total. The average Bonchev–Trinajstić information content (AvgIpc) is 3.24. The van der Waals surface area contributed by atoms with Crippen LogP contribution in [0.1, 0.15) is 65.7 Å². The van der Waals surface area contributed by atoms with Crippen molar-refractivity contribution in [3.05, 3.63) is 53.5 Å². The zero-order valence-corrected chi connectivity index (χ0v) is 20.5. The number of rotatable bonds is 7. The monoisotopic (exact) mass is 518 g/mol. The Labute approximate surface area is 211 Å². The van der Waals surface area contributed by atoms with Gasteiger partial charge in [-0.3, -0.25) is 14.3 Å². The molecule has 0 bridgehead atoms. The first-order valence-corrected chi connectivity index (χ1v) is 11.9. The molecule has 0 saturated carbocycles. The number of amides is 2. The van der Waals surface area contributed by atoms with Crippen molar-refractivity contribution in [2.24, 2.45) is 5.73 Å². The van der Waals surface area contributed by atoms with Gasteiger partial charge in [-0.1, -0.05) is 6.07 Å². The van der Waals surface area contributed by atoms with Crippen LogP contribution in [-0.4, -0.2) is 61.8 Å². The molecule has 0 unspecified atom stereocenters. The molecule has 2 amide bonds. The number of nitrogens with two attached hydrogens (primary N) is 1. The highest BCUT2D eigenvalue weighted by molar-refractivity contribution is 6.10. The number of hydrogen-bond acceptors (Lipinski definition) is 6. The Hall–Kier alpha value is -3.51. The Balaban J connectivity index is 1.52. The van der Waals surface area contributed by atoms with E-state index >= 15 is 0 Å². The molecule has 3 heterocycles. The number of primary amides is 1. The highest BCUT2D eigenvalue weighted by Crippen LogP contribution is 2.30. The minimum Gasteiger partial charge on any atom is -0.390 e. The Bertz CT molecular complexity index is 1310. The van der Waals surface area contributed by atoms with Crippen molar-refractivity contribution in [1.82, 2.24) is 19.7 Å². The van der Waals surface area contributed by atoms with Crippen molar-refractivity contribution in [3.63, 3.8) is 0 Å². The molecule has 0 atom stereocenters. The molecule has 3 aromatic rings. The number of carbonyl (C=O) groups is 2. The van der Waals surface area contributed by atoms with Gasteiger partial charge in [-0.25, -0.2) is 4.98 Å². The summed E-state index contributed by atoms with van der Waals surface area (Å²) < 4.78 is 40.8. The van der Waals surface area contributed by atoms with E-state index in [1.54, 1.807) is 13.8 Å². The van der Waals surface area contributed by atoms with E-state index in [9.17, 15) is 27.9 Å². The minimum absolute atomic E-state index is 0.0143. The zero-order valence-electron chi connectivity index (χ0n) is 20.5. The first-order chi connectivity index (χ1) is 17.3. The second-order valence-corrected chi connectivity index (χ2v) is 9.93. The molecular formula is C25H29F3N6O3. The van der Waals surface area contributed by atoms with Gasteiger partial charge in [0.2, 0.25) is 0 Å². The number of aromatic nitrogens is 3. The third-order valence-electron chi connectivity index (χ3n) is 6.42. The summed E-state index contributed by atoms with van der Waals surface area (Å²) >= 11 is 0. The maximum Gasteiger partial charge on any atom is 0.433 e. The number of anilines is 1. The molecule has 0 radical (unpaired) electrons. The van der Waals surface area contributed by atoms with Crippen molar-refractivity contribution in [2.75, 3.05) is 25.0 Å². The quantitative estimate of drug-likeness (QED) is 0.439. The number of alkyl halides is 3. The van der Waals surface area contributed by atoms with Gasteiger partial charge in [-0.2, -0.15) is 18.3 Å². The molecule has 2 aromatic heterocycles. The van der Waals surface area contributed by atoms with Gasteiger partial charge in [-0.05, 0) is 57.4 Å². The zero-order chi connectivity index (χ0) is 27.0. The highest BCUT2D eigenvalue weighted by atomic mass is 19.4. The van der Waals surface area contributed by atoms with Gasteiger partial charge >= 0.3 is 6.18 Å². The third-order valence-corrected chi connectivity index (χ3v) is 6.42. The van der Waals surface area contributed by atoms with E-state index in [-0.39, 0.29) is 17.3 Å². The van der Waals surface area contributed by atoms with Gasteiger partial charge in [0.1, 0.15) is 11.4 Å². The van der Waals surface area contributed by atoms with E-state index in [0.29, 0.717) is 17.3 Å². The van der Waals surface area contributed by atoms with Crippen molar-refractivity contribution in [3.8, 4) is 0 Å². The molecule has 1 fully saturated rings. The van der Waals surface area contributed by atoms with Gasteiger partial charge in [0.15, 0.2) is 0 Å². The van der Waals surface area contributed by atoms with E-state index < -0.39 is 35.0 Å². The van der Waals surface area contributed by atoms with Crippen LogP contribution < -0.4 is 11.1 Å². The fourth-order valence-corrected chi connectivity index (χ4v) is 4.33. The predicted molar refractivity (Wildman–Crippen MR) is 131 cm³/mol. The Morgan fingerprint density at radius 1 is 1.19 bits per heavy atom. The highest BCUT2D eigenvalue weighted by Gasteiger charge is 2.33. The summed E-state index contributed by atoms with van der Waals surface area (Å²) in [5.41, 5.74) is 3.71. The number of halogens is 3. The van der Waals surface area contributed by atoms with Crippen LogP contribution in [0, 0.1) is 0 Å². The molecule has 1 saturated heterocycles. The standard InChI is InChI=1S/C25H29F3N6O3/c1-24(2,37)8-11-33-9-6-16(7-10-33)34-14-15-12-20(17(22(29)35)13-19(15)32-34)31-23(36)18-4-3-5-21(30-18)25(26,27)28/h3-5,12-14,16,37H,6-11H2,1-2H3,(H2,29,35)(H,31,36). The number of pyridine rings is 1. The van der Waals surface area contributed by atoms with Crippen LogP contribution in [0.4, 0.5) is 18.9 Å². The molecule has 1 aliphatic heterocycles. The van der Waals surface area contributed by atoms with Crippen molar-refractivity contribution in [2.45, 2.75) is 50.9 Å². The van der Waals surface area contributed by atoms with E-state index in [4.69, 9.17) is 5.73 Å². The number of hydrogen-bond donors (Lipinski definition) is 3. The van der Waals surface area contributed by atoms with Crippen molar-refractivity contribution in [1.29, 1.82) is 0 Å². The molecule has 12 heteroatoms. The molecular weight excluding hydrogens is 489 g/mol. The lowest BCUT2D eigenvalue weighted by molar-refractivity contribution is -0.141. The summed E-state index contributed by atoms with van der Waals surface area (Å²) in [4.78, 5) is 30.5. The maximum atomic E-state index is 13.0. The number of nitrogens with one attached hydrogen (secondary N) is 1. The number of aliphatic hydroxyl groups is 1. The fraction of sp³-hybridized carbons (Fsp3) is 0.440. The van der Waals surface area contributed by atoms with Crippen LogP contribution in [0.2, 0.25) is 0 Å². The van der Waals surface area contributed by atoms with Crippen LogP contribution in [0.25, 0.3) is 10.9 Å². The van der Waals surface area contributed by atoms with Crippen LogP contribution in [0.5, 0.6) is 0 Å². The van der Waals surface area contributed by atoms with Gasteiger partial charge in [0.05, 0.1) is 28.4 Å². The molecule has 37 heavy (non-hydrogen) atoms. The molecule has 4 N–H and O–H groups in total. The smallest absolute Gasteiger partial charge is 0.390 e. The fourth-order valence-electron chi connectivity index (χ4n) is 4.33. The second kappa shape index (κ2) is 10.1. The van der Waals surface area contributed by atoms with Gasteiger partial charge < -0.3 is 21.1 Å². The largest absolute Gasteiger partial charge is 0.433 e. The Morgan fingerprint density at radius 2 is 1.89 bits per heavy atom. The van der Waals surface area contributed by atoms with Gasteiger partial charge in [0, 0.05) is 31.2 Å². The van der Waals surface area contributed by atoms with E-state index in [2.05, 4.69) is 20.3 Å². The number of carbonyl (C=O) groups excluding carboxylic acids is 2. The average molecular weight is 519 g/mol. The Morgan fingerprint density at radius 3 is 2.51 bits per heavy atom. The van der Waals surface area contributed by atoms with Gasteiger partial charge in [0.25, 0.3) is 11.8 Å². The molecule has 198 valence electrons. The summed E-state index contributed by atoms with van der Waals surface area (Å²) in [6, 6.07) is 6.13. The van der Waals surface area contributed by atoms with Crippen LogP contribution in [0.3, 0.4) is 0 Å². The summed E-state index contributed by atoms with van der Waals surface area (Å²) in [5.74, 6) is -1.72. The number of likely N-dealkylation sites (tertiary alicyclic amines) is 1. The molecule has 0 aliphatic carbocycles. The molecule has 1 aromatic carbocycles. The third kappa shape index (κ3) is 6.44. The normalized spacial score (nSPS) is 15.7. The van der Waals surface area contributed by atoms with Crippen molar-refractivity contribution < 1.29 is 27.9 Å². The summed E-state index contributed by atoms with van der Waals surface area (Å²) in [5, 5.41) is 17.7. The number of piperidine rings is 1. The van der Waals surface area contributed by atoms with Crippen LogP contribution in [-0.2, 0) is 6.18 Å². The van der Waals surface area contributed by atoms with E-state index in [1.165, 1.54) is 12.1 Å². The lowest BCUT2D eigenvalue weighted by Gasteiger charge is -2.33. The number of nitrogens with zero attached hydrogens (tertiary/aromatic N) is 4. The first kappa shape index (κ1) is 26.6. The molecule has 1 aliphatic rings. The minimum atomic E-state index is -4.70. The predicted octanol–water partition coefficient (Wildman–Crippen LogP) is 3.60. The lowest BCUT2D eigenvalue weighted by Crippen LogP contribution is -2.37. The van der Waals surface area contributed by atoms with Crippen LogP contribution >= 0.6 is 0 Å². The SMILES string of the molecule is CC(C)(O)CCN1CCC(n2cc3cc(NC(=O)c4cccc(C(F)(F)F)n4)c(C(N)=O)cc3n2)CC1.